The van der Waals surface area contributed by atoms with Crippen LogP contribution in [0, 0.1) is 5.92 Å². The van der Waals surface area contributed by atoms with Crippen LogP contribution in [0.2, 0.25) is 5.02 Å². The van der Waals surface area contributed by atoms with E-state index in [-0.39, 0.29) is 23.9 Å². The van der Waals surface area contributed by atoms with Crippen LogP contribution in [-0.2, 0) is 4.79 Å². The first-order valence-electron chi connectivity index (χ1n) is 7.57. The minimum atomic E-state index is -0.218. The summed E-state index contributed by atoms with van der Waals surface area (Å²) in [7, 11) is 0. The molecule has 1 heterocycles. The first kappa shape index (κ1) is 15.8. The minimum Gasteiger partial charge on any atom is -0.320 e. The molecule has 3 rings (SSSR count). The first-order valence-corrected chi connectivity index (χ1v) is 8.86. The number of imide groups is 1. The second-order valence-electron chi connectivity index (χ2n) is 5.80. The van der Waals surface area contributed by atoms with Crippen LogP contribution in [0.5, 0.6) is 0 Å². The van der Waals surface area contributed by atoms with Crippen LogP contribution in [0.1, 0.15) is 26.2 Å². The van der Waals surface area contributed by atoms with Gasteiger partial charge >= 0.3 is 6.03 Å². The van der Waals surface area contributed by atoms with Gasteiger partial charge in [-0.15, -0.1) is 0 Å². The molecule has 4 nitrogen and oxygen atoms in total. The number of rotatable bonds is 2. The molecular weight excluding hydrogens is 368 g/mol. The van der Waals surface area contributed by atoms with Crippen molar-refractivity contribution in [3.8, 4) is 0 Å². The van der Waals surface area contributed by atoms with E-state index >= 15 is 0 Å². The molecule has 1 aliphatic carbocycles. The van der Waals surface area contributed by atoms with Crippen molar-refractivity contribution in [2.75, 3.05) is 11.4 Å². The van der Waals surface area contributed by atoms with E-state index in [2.05, 4.69) is 15.9 Å². The molecule has 0 bridgehead atoms. The maximum atomic E-state index is 12.9. The molecule has 1 aromatic rings. The molecule has 0 aromatic heterocycles. The summed E-state index contributed by atoms with van der Waals surface area (Å²) in [5, 5.41) is 0.587. The molecule has 3 unspecified atom stereocenters. The maximum absolute atomic E-state index is 12.9. The number of hydrogen-bond acceptors (Lipinski definition) is 2. The Morgan fingerprint density at radius 2 is 1.91 bits per heavy atom. The molecule has 6 heteroatoms. The number of anilines is 1. The average molecular weight is 386 g/mol. The highest BCUT2D eigenvalue weighted by Gasteiger charge is 2.48. The summed E-state index contributed by atoms with van der Waals surface area (Å²) in [6, 6.07) is 6.66. The molecule has 1 aromatic carbocycles. The number of halogens is 2. The molecule has 1 saturated heterocycles. The summed E-state index contributed by atoms with van der Waals surface area (Å²) >= 11 is 9.53. The summed E-state index contributed by atoms with van der Waals surface area (Å²) in [6.45, 7) is 2.58. The van der Waals surface area contributed by atoms with E-state index in [1.54, 1.807) is 24.3 Å². The van der Waals surface area contributed by atoms with Crippen molar-refractivity contribution in [2.45, 2.75) is 37.1 Å². The largest absolute Gasteiger partial charge is 0.331 e. The van der Waals surface area contributed by atoms with Gasteiger partial charge in [0.15, 0.2) is 0 Å². The van der Waals surface area contributed by atoms with Crippen LogP contribution in [0.15, 0.2) is 24.3 Å². The van der Waals surface area contributed by atoms with E-state index in [9.17, 15) is 9.59 Å². The van der Waals surface area contributed by atoms with Gasteiger partial charge in [0.05, 0.1) is 11.6 Å². The number of carbonyl (C=O) groups excluding carboxylic acids is 2. The summed E-state index contributed by atoms with van der Waals surface area (Å²) in [4.78, 5) is 29.2. The lowest BCUT2D eigenvalue weighted by molar-refractivity contribution is -0.126. The number of fused-ring (bicyclic) bond motifs is 1. The minimum absolute atomic E-state index is 0.0300. The lowest BCUT2D eigenvalue weighted by atomic mass is 9.81. The number of amides is 3. The Hall–Kier alpha value is -1.07. The number of nitrogens with zero attached hydrogens (tertiary/aromatic N) is 2. The number of urea groups is 1. The lowest BCUT2D eigenvalue weighted by Gasteiger charge is -2.47. The van der Waals surface area contributed by atoms with Crippen LogP contribution in [-0.4, -0.2) is 34.3 Å². The Morgan fingerprint density at radius 1 is 1.23 bits per heavy atom. The zero-order valence-electron chi connectivity index (χ0n) is 12.3. The fourth-order valence-corrected chi connectivity index (χ4v) is 4.26. The van der Waals surface area contributed by atoms with E-state index in [0.717, 1.165) is 19.3 Å². The van der Waals surface area contributed by atoms with Gasteiger partial charge in [0.1, 0.15) is 0 Å². The molecule has 0 N–H and O–H groups in total. The third-order valence-corrected chi connectivity index (χ3v) is 5.63. The molecule has 1 aliphatic heterocycles. The Labute approximate surface area is 143 Å². The van der Waals surface area contributed by atoms with Crippen molar-refractivity contribution >= 4 is 45.2 Å². The van der Waals surface area contributed by atoms with Crippen molar-refractivity contribution in [2.24, 2.45) is 5.92 Å². The van der Waals surface area contributed by atoms with Crippen LogP contribution in [0.3, 0.4) is 0 Å². The quantitative estimate of drug-likeness (QED) is 0.720. The molecular formula is C16H18BrClN2O2. The molecule has 3 atom stereocenters. The zero-order chi connectivity index (χ0) is 15.9. The van der Waals surface area contributed by atoms with Gasteiger partial charge in [0.2, 0.25) is 5.91 Å². The van der Waals surface area contributed by atoms with Gasteiger partial charge in [0, 0.05) is 22.4 Å². The monoisotopic (exact) mass is 384 g/mol. The Bertz CT molecular complexity index is 592. The molecule has 1 saturated carbocycles. The summed E-state index contributed by atoms with van der Waals surface area (Å²) in [5.74, 6) is -0.224. The predicted molar refractivity (Wildman–Crippen MR) is 90.6 cm³/mol. The maximum Gasteiger partial charge on any atom is 0.331 e. The standard InChI is InChI=1S/C16H18BrClN2O2/c1-2-19-14-8-3-10(17)9-13(14)15(21)20(16(19)22)12-6-4-11(18)5-7-12/h4-7,10,13-14H,2-3,8-9H2,1H3. The SMILES string of the molecule is CCN1C(=O)N(c2ccc(Cl)cc2)C(=O)C2CC(Br)CCC21. The molecule has 0 spiro atoms. The number of hydrogen-bond donors (Lipinski definition) is 0. The third kappa shape index (κ3) is 2.65. The lowest BCUT2D eigenvalue weighted by Crippen LogP contribution is -2.63. The summed E-state index contributed by atoms with van der Waals surface area (Å²) in [5.41, 5.74) is 0.591. The van der Waals surface area contributed by atoms with Gasteiger partial charge in [-0.3, -0.25) is 4.79 Å². The van der Waals surface area contributed by atoms with Gasteiger partial charge < -0.3 is 4.90 Å². The highest BCUT2D eigenvalue weighted by molar-refractivity contribution is 9.09. The molecule has 22 heavy (non-hydrogen) atoms. The fraction of sp³-hybridized carbons (Fsp3) is 0.500. The molecule has 118 valence electrons. The second kappa shape index (κ2) is 6.20. The van der Waals surface area contributed by atoms with Gasteiger partial charge in [-0.25, -0.2) is 9.69 Å². The van der Waals surface area contributed by atoms with Crippen LogP contribution < -0.4 is 4.90 Å². The third-order valence-electron chi connectivity index (χ3n) is 4.55. The Kier molecular flexibility index (Phi) is 4.46. The van der Waals surface area contributed by atoms with Crippen molar-refractivity contribution < 1.29 is 9.59 Å². The van der Waals surface area contributed by atoms with E-state index in [0.29, 0.717) is 22.1 Å². The normalized spacial score (nSPS) is 28.8. The second-order valence-corrected chi connectivity index (χ2v) is 7.53. The molecule has 2 aliphatic rings. The van der Waals surface area contributed by atoms with Gasteiger partial charge in [-0.2, -0.15) is 0 Å². The summed E-state index contributed by atoms with van der Waals surface area (Å²) in [6.07, 6.45) is 2.65. The fourth-order valence-electron chi connectivity index (χ4n) is 3.47. The first-order chi connectivity index (χ1) is 10.5. The van der Waals surface area contributed by atoms with Gasteiger partial charge in [-0.05, 0) is 50.5 Å². The van der Waals surface area contributed by atoms with E-state index < -0.39 is 0 Å². The van der Waals surface area contributed by atoms with E-state index in [1.807, 2.05) is 11.8 Å². The van der Waals surface area contributed by atoms with Crippen LogP contribution in [0.25, 0.3) is 0 Å². The summed E-state index contributed by atoms with van der Waals surface area (Å²) < 4.78 is 0. The molecule has 0 radical (unpaired) electrons. The Balaban J connectivity index is 1.97. The van der Waals surface area contributed by atoms with Crippen molar-refractivity contribution in [3.05, 3.63) is 29.3 Å². The van der Waals surface area contributed by atoms with E-state index in [1.165, 1.54) is 4.90 Å². The van der Waals surface area contributed by atoms with Crippen LogP contribution >= 0.6 is 27.5 Å². The number of benzene rings is 1. The van der Waals surface area contributed by atoms with Crippen molar-refractivity contribution in [3.63, 3.8) is 0 Å². The number of carbonyl (C=O) groups is 2. The highest BCUT2D eigenvalue weighted by atomic mass is 79.9. The average Bonchev–Trinajstić information content (AvgIpc) is 2.50. The van der Waals surface area contributed by atoms with Crippen molar-refractivity contribution in [1.82, 2.24) is 4.90 Å². The topological polar surface area (TPSA) is 40.6 Å². The van der Waals surface area contributed by atoms with Crippen LogP contribution in [0.4, 0.5) is 10.5 Å². The smallest absolute Gasteiger partial charge is 0.320 e. The number of alkyl halides is 1. The molecule has 3 amide bonds. The van der Waals surface area contributed by atoms with Gasteiger partial charge in [-0.1, -0.05) is 27.5 Å². The zero-order valence-corrected chi connectivity index (χ0v) is 14.7. The van der Waals surface area contributed by atoms with E-state index in [4.69, 9.17) is 11.6 Å². The molecule has 2 fully saturated rings. The van der Waals surface area contributed by atoms with Crippen molar-refractivity contribution in [1.29, 1.82) is 0 Å². The highest BCUT2D eigenvalue weighted by Crippen LogP contribution is 2.38. The van der Waals surface area contributed by atoms with Gasteiger partial charge in [0.25, 0.3) is 0 Å². The predicted octanol–water partition coefficient (Wildman–Crippen LogP) is 4.06. The Morgan fingerprint density at radius 3 is 2.55 bits per heavy atom.